The molecule has 0 aromatic heterocycles. The van der Waals surface area contributed by atoms with Gasteiger partial charge in [0, 0.05) is 0 Å². The average Bonchev–Trinajstić information content (AvgIpc) is 2.68. The average molecular weight is 522 g/mol. The topological polar surface area (TPSA) is 116 Å². The van der Waals surface area contributed by atoms with Crippen LogP contribution in [-0.4, -0.2) is 55.3 Å². The van der Waals surface area contributed by atoms with Gasteiger partial charge in [-0.2, -0.15) is 30.4 Å². The number of unbranched alkanes of at least 4 members (excludes halogenated alkanes) is 1. The number of ether oxygens (including phenoxy) is 3. The Hall–Kier alpha value is -1.54. The van der Waals surface area contributed by atoms with E-state index < -0.39 is 57.9 Å². The van der Waals surface area contributed by atoms with E-state index >= 15 is 0 Å². The lowest BCUT2D eigenvalue weighted by Crippen LogP contribution is -2.62. The van der Waals surface area contributed by atoms with Gasteiger partial charge in [-0.25, -0.2) is 4.79 Å². The van der Waals surface area contributed by atoms with Gasteiger partial charge < -0.3 is 14.2 Å². The molecule has 4 rings (SSSR count). The summed E-state index contributed by atoms with van der Waals surface area (Å²) in [5, 5.41) is -5.22. The van der Waals surface area contributed by atoms with Gasteiger partial charge in [-0.15, -0.1) is 0 Å². The molecule has 0 heterocycles. The minimum absolute atomic E-state index is 0.0976. The molecule has 0 amide bonds. The van der Waals surface area contributed by atoms with Crippen LogP contribution in [0.4, 0.5) is 22.0 Å². The van der Waals surface area contributed by atoms with E-state index in [1.165, 1.54) is 0 Å². The third-order valence-electron chi connectivity index (χ3n) is 6.90. The fraction of sp³-hybridized carbons (Fsp3) is 0.900. The lowest BCUT2D eigenvalue weighted by Gasteiger charge is -2.55. The normalized spacial score (nSPS) is 30.6. The first-order valence-corrected chi connectivity index (χ1v) is 12.5. The Labute approximate surface area is 193 Å². The van der Waals surface area contributed by atoms with Crippen molar-refractivity contribution in [3.05, 3.63) is 0 Å². The fourth-order valence-electron chi connectivity index (χ4n) is 5.65. The lowest BCUT2D eigenvalue weighted by molar-refractivity contribution is -0.364. The van der Waals surface area contributed by atoms with Gasteiger partial charge in [-0.1, -0.05) is 13.3 Å². The summed E-state index contributed by atoms with van der Waals surface area (Å²) >= 11 is 0. The van der Waals surface area contributed by atoms with Crippen molar-refractivity contribution in [3.63, 3.8) is 0 Å². The maximum absolute atomic E-state index is 14.2. The van der Waals surface area contributed by atoms with Crippen LogP contribution in [0.25, 0.3) is 0 Å². The molecule has 196 valence electrons. The molecule has 1 unspecified atom stereocenters. The van der Waals surface area contributed by atoms with E-state index in [1.807, 2.05) is 0 Å². The van der Waals surface area contributed by atoms with Crippen LogP contribution in [0, 0.1) is 23.2 Å². The molecule has 4 fully saturated rings. The molecule has 0 aromatic rings. The summed E-state index contributed by atoms with van der Waals surface area (Å²) in [7, 11) is -6.20. The van der Waals surface area contributed by atoms with Crippen molar-refractivity contribution >= 4 is 22.1 Å². The Kier molecular flexibility index (Phi) is 7.29. The molecular weight excluding hydrogens is 495 g/mol. The number of hydrogen-bond donors (Lipinski definition) is 1. The van der Waals surface area contributed by atoms with Crippen molar-refractivity contribution in [2.75, 3.05) is 13.2 Å². The molecule has 4 bridgehead atoms. The zero-order valence-corrected chi connectivity index (χ0v) is 19.2. The molecule has 1 N–H and O–H groups in total. The molecule has 0 aromatic carbocycles. The molecule has 0 aliphatic heterocycles. The van der Waals surface area contributed by atoms with E-state index in [0.29, 0.717) is 6.42 Å². The smallest absolute Gasteiger partial charge is 0.461 e. The van der Waals surface area contributed by atoms with E-state index in [2.05, 4.69) is 14.2 Å². The summed E-state index contributed by atoms with van der Waals surface area (Å²) in [6.07, 6.45) is -2.20. The Balaban J connectivity index is 1.94. The van der Waals surface area contributed by atoms with Gasteiger partial charge in [0.1, 0.15) is 6.61 Å². The molecule has 4 aliphatic carbocycles. The van der Waals surface area contributed by atoms with Gasteiger partial charge in [0.25, 0.3) is 0 Å². The molecule has 0 radical (unpaired) electrons. The predicted molar refractivity (Wildman–Crippen MR) is 104 cm³/mol. The SMILES string of the molecule is CCCCOC(=O)C(OCC(F)(F)S(=O)(=O)O)(OC(=O)C12CC3CC(CC(C3)C1)C2)C(F)(F)F. The Morgan fingerprint density at radius 3 is 1.91 bits per heavy atom. The number of rotatable bonds is 10. The maximum atomic E-state index is 14.2. The van der Waals surface area contributed by atoms with Gasteiger partial charge in [0.2, 0.25) is 0 Å². The zero-order chi connectivity index (χ0) is 25.6. The van der Waals surface area contributed by atoms with Gasteiger partial charge in [0.15, 0.2) is 0 Å². The highest BCUT2D eigenvalue weighted by Crippen LogP contribution is 2.61. The van der Waals surface area contributed by atoms with E-state index in [-0.39, 0.29) is 43.4 Å². The van der Waals surface area contributed by atoms with Crippen molar-refractivity contribution in [3.8, 4) is 0 Å². The van der Waals surface area contributed by atoms with Crippen molar-refractivity contribution in [1.82, 2.24) is 0 Å². The summed E-state index contributed by atoms with van der Waals surface area (Å²) < 4.78 is 114. The minimum atomic E-state index is -6.20. The first kappa shape index (κ1) is 27.1. The third-order valence-corrected chi connectivity index (χ3v) is 7.77. The second kappa shape index (κ2) is 9.16. The molecular formula is C20H27F5O8S. The Morgan fingerprint density at radius 1 is 1.00 bits per heavy atom. The van der Waals surface area contributed by atoms with Gasteiger partial charge >= 0.3 is 39.3 Å². The van der Waals surface area contributed by atoms with Crippen LogP contribution in [-0.2, 0) is 33.9 Å². The van der Waals surface area contributed by atoms with Gasteiger partial charge in [-0.3, -0.25) is 9.35 Å². The molecule has 0 saturated heterocycles. The first-order chi connectivity index (χ1) is 15.6. The van der Waals surface area contributed by atoms with Crippen molar-refractivity contribution < 1.29 is 58.7 Å². The molecule has 0 spiro atoms. The molecule has 1 atom stereocenters. The predicted octanol–water partition coefficient (Wildman–Crippen LogP) is 3.85. The Bertz CT molecular complexity index is 868. The molecule has 4 saturated carbocycles. The van der Waals surface area contributed by atoms with E-state index in [1.54, 1.807) is 6.92 Å². The number of halogens is 5. The van der Waals surface area contributed by atoms with E-state index in [4.69, 9.17) is 4.55 Å². The summed E-state index contributed by atoms with van der Waals surface area (Å²) in [5.41, 5.74) is -1.33. The summed E-state index contributed by atoms with van der Waals surface area (Å²) in [5.74, 6) is -8.07. The molecule has 4 aliphatic rings. The quantitative estimate of drug-likeness (QED) is 0.151. The summed E-state index contributed by atoms with van der Waals surface area (Å²) in [6.45, 7) is -1.52. The first-order valence-electron chi connectivity index (χ1n) is 11.0. The third kappa shape index (κ3) is 5.03. The molecule has 14 heteroatoms. The molecule has 8 nitrogen and oxygen atoms in total. The van der Waals surface area contributed by atoms with Crippen molar-refractivity contribution in [2.45, 2.75) is 75.5 Å². The monoisotopic (exact) mass is 522 g/mol. The standard InChI is InChI=1S/C20H27F5O8S/c1-2-3-4-31-16(27)19(20(23,24)25,32-11-18(21,22)34(28,29)30)33-15(26)17-8-12-5-13(9-17)7-14(6-12)10-17/h12-14H,2-11H2,1H3,(H,28,29,30). The maximum Gasteiger partial charge on any atom is 0.468 e. The number of hydrogen-bond acceptors (Lipinski definition) is 7. The van der Waals surface area contributed by atoms with Crippen LogP contribution >= 0.6 is 0 Å². The fourth-order valence-corrected chi connectivity index (χ4v) is 5.86. The van der Waals surface area contributed by atoms with Crippen LogP contribution in [0.2, 0.25) is 0 Å². The van der Waals surface area contributed by atoms with Crippen LogP contribution in [0.1, 0.15) is 58.3 Å². The van der Waals surface area contributed by atoms with E-state index in [0.717, 1.165) is 19.3 Å². The highest BCUT2D eigenvalue weighted by Gasteiger charge is 2.70. The number of alkyl halides is 5. The molecule has 34 heavy (non-hydrogen) atoms. The van der Waals surface area contributed by atoms with Crippen molar-refractivity contribution in [1.29, 1.82) is 0 Å². The minimum Gasteiger partial charge on any atom is -0.461 e. The zero-order valence-electron chi connectivity index (χ0n) is 18.4. The van der Waals surface area contributed by atoms with Gasteiger partial charge in [0.05, 0.1) is 12.0 Å². The highest BCUT2D eigenvalue weighted by atomic mass is 32.2. The van der Waals surface area contributed by atoms with Crippen LogP contribution in [0.15, 0.2) is 0 Å². The summed E-state index contributed by atoms with van der Waals surface area (Å²) in [4.78, 5) is 25.7. The van der Waals surface area contributed by atoms with Crippen LogP contribution in [0.5, 0.6) is 0 Å². The largest absolute Gasteiger partial charge is 0.468 e. The number of carbonyl (C=O) groups is 2. The second-order valence-corrected chi connectivity index (χ2v) is 11.1. The Morgan fingerprint density at radius 2 is 1.50 bits per heavy atom. The van der Waals surface area contributed by atoms with Crippen LogP contribution in [0.3, 0.4) is 0 Å². The van der Waals surface area contributed by atoms with Crippen molar-refractivity contribution in [2.24, 2.45) is 23.2 Å². The van der Waals surface area contributed by atoms with E-state index in [9.17, 15) is 40.0 Å². The summed E-state index contributed by atoms with van der Waals surface area (Å²) in [6, 6.07) is 0. The lowest BCUT2D eigenvalue weighted by atomic mass is 9.49. The number of esters is 2. The van der Waals surface area contributed by atoms with Gasteiger partial charge in [-0.05, 0) is 62.7 Å². The van der Waals surface area contributed by atoms with Crippen LogP contribution < -0.4 is 0 Å². The number of carbonyl (C=O) groups excluding carboxylic acids is 2. The highest BCUT2D eigenvalue weighted by molar-refractivity contribution is 7.86. The second-order valence-electron chi connectivity index (χ2n) is 9.59.